The summed E-state index contributed by atoms with van der Waals surface area (Å²) in [5, 5.41) is 7.78. The Hall–Kier alpha value is -1.95. The first-order valence-corrected chi connectivity index (χ1v) is 6.76. The summed E-state index contributed by atoms with van der Waals surface area (Å²) in [5.41, 5.74) is 1.27. The average Bonchev–Trinajstić information content (AvgIpc) is 2.43. The number of nitrogens with zero attached hydrogens (tertiary/aromatic N) is 3. The van der Waals surface area contributed by atoms with Gasteiger partial charge in [0.15, 0.2) is 5.69 Å². The molecule has 2 rings (SSSR count). The van der Waals surface area contributed by atoms with Gasteiger partial charge in [-0.25, -0.2) is 0 Å². The molecule has 0 saturated heterocycles. The van der Waals surface area contributed by atoms with Crippen LogP contribution in [0.5, 0.6) is 11.6 Å². The highest BCUT2D eigenvalue weighted by Gasteiger charge is 2.11. The maximum Gasteiger partial charge on any atom is 0.273 e. The number of hydrogen-bond donors (Lipinski definition) is 0. The van der Waals surface area contributed by atoms with E-state index in [9.17, 15) is 4.79 Å². The van der Waals surface area contributed by atoms with Crippen molar-refractivity contribution in [1.82, 2.24) is 15.1 Å². The van der Waals surface area contributed by atoms with Gasteiger partial charge in [0.1, 0.15) is 5.75 Å². The predicted molar refractivity (Wildman–Crippen MR) is 79.0 cm³/mol. The van der Waals surface area contributed by atoms with Crippen LogP contribution in [0.1, 0.15) is 16.1 Å². The standard InChI is InChI=1S/C14H14BrN3O2/c1-9-4-5-10(15)8-12(9)20-13-7-6-11(16-17-13)14(19)18(2)3/h4-8H,1-3H3. The van der Waals surface area contributed by atoms with Crippen molar-refractivity contribution in [2.45, 2.75) is 6.92 Å². The van der Waals surface area contributed by atoms with Gasteiger partial charge in [0.2, 0.25) is 5.88 Å². The smallest absolute Gasteiger partial charge is 0.273 e. The van der Waals surface area contributed by atoms with E-state index in [1.54, 1.807) is 26.2 Å². The Morgan fingerprint density at radius 2 is 1.95 bits per heavy atom. The molecule has 5 nitrogen and oxygen atoms in total. The van der Waals surface area contributed by atoms with Gasteiger partial charge in [-0.2, -0.15) is 0 Å². The van der Waals surface area contributed by atoms with E-state index in [2.05, 4.69) is 26.1 Å². The first kappa shape index (κ1) is 14.5. The van der Waals surface area contributed by atoms with Gasteiger partial charge < -0.3 is 9.64 Å². The van der Waals surface area contributed by atoms with Gasteiger partial charge in [0.05, 0.1) is 0 Å². The molecule has 6 heteroatoms. The molecule has 0 radical (unpaired) electrons. The minimum atomic E-state index is -0.192. The second kappa shape index (κ2) is 6.00. The molecule has 0 aliphatic heterocycles. The first-order valence-electron chi connectivity index (χ1n) is 5.97. The van der Waals surface area contributed by atoms with Crippen LogP contribution in [-0.4, -0.2) is 35.1 Å². The summed E-state index contributed by atoms with van der Waals surface area (Å²) < 4.78 is 6.58. The van der Waals surface area contributed by atoms with Crippen LogP contribution in [0.4, 0.5) is 0 Å². The number of benzene rings is 1. The second-order valence-corrected chi connectivity index (χ2v) is 5.38. The quantitative estimate of drug-likeness (QED) is 0.865. The van der Waals surface area contributed by atoms with Gasteiger partial charge in [0, 0.05) is 24.6 Å². The lowest BCUT2D eigenvalue weighted by Crippen LogP contribution is -2.23. The number of hydrogen-bond acceptors (Lipinski definition) is 4. The Balaban J connectivity index is 2.19. The molecular weight excluding hydrogens is 322 g/mol. The molecule has 1 heterocycles. The number of carbonyl (C=O) groups excluding carboxylic acids is 1. The van der Waals surface area contributed by atoms with Crippen molar-refractivity contribution in [3.8, 4) is 11.6 Å². The third kappa shape index (κ3) is 3.33. The molecule has 2 aromatic rings. The van der Waals surface area contributed by atoms with Crippen LogP contribution in [0.3, 0.4) is 0 Å². The van der Waals surface area contributed by atoms with Crippen LogP contribution >= 0.6 is 15.9 Å². The third-order valence-corrected chi connectivity index (χ3v) is 3.12. The lowest BCUT2D eigenvalue weighted by molar-refractivity contribution is 0.0820. The van der Waals surface area contributed by atoms with Crippen molar-refractivity contribution in [3.05, 3.63) is 46.1 Å². The van der Waals surface area contributed by atoms with Crippen LogP contribution in [0.25, 0.3) is 0 Å². The topological polar surface area (TPSA) is 55.3 Å². The monoisotopic (exact) mass is 335 g/mol. The van der Waals surface area contributed by atoms with Crippen molar-refractivity contribution in [1.29, 1.82) is 0 Å². The largest absolute Gasteiger partial charge is 0.437 e. The zero-order chi connectivity index (χ0) is 14.7. The molecule has 1 aromatic carbocycles. The molecule has 0 N–H and O–H groups in total. The van der Waals surface area contributed by atoms with E-state index in [1.807, 2.05) is 25.1 Å². The normalized spacial score (nSPS) is 10.2. The molecule has 0 aliphatic rings. The van der Waals surface area contributed by atoms with Gasteiger partial charge in [0.25, 0.3) is 5.91 Å². The summed E-state index contributed by atoms with van der Waals surface area (Å²) in [5.74, 6) is 0.851. The van der Waals surface area contributed by atoms with Crippen molar-refractivity contribution >= 4 is 21.8 Å². The molecule has 104 valence electrons. The van der Waals surface area contributed by atoms with Crippen LogP contribution < -0.4 is 4.74 Å². The lowest BCUT2D eigenvalue weighted by atomic mass is 10.2. The SMILES string of the molecule is Cc1ccc(Br)cc1Oc1ccc(C(=O)N(C)C)nn1. The number of ether oxygens (including phenoxy) is 1. The van der Waals surface area contributed by atoms with Gasteiger partial charge in [-0.05, 0) is 30.7 Å². The van der Waals surface area contributed by atoms with Gasteiger partial charge in [-0.1, -0.05) is 22.0 Å². The van der Waals surface area contributed by atoms with E-state index in [1.165, 1.54) is 4.90 Å². The molecule has 0 fully saturated rings. The van der Waals surface area contributed by atoms with Crippen molar-refractivity contribution < 1.29 is 9.53 Å². The maximum absolute atomic E-state index is 11.7. The Bertz CT molecular complexity index is 627. The molecule has 0 saturated carbocycles. The Morgan fingerprint density at radius 3 is 2.55 bits per heavy atom. The number of carbonyl (C=O) groups is 1. The summed E-state index contributed by atoms with van der Waals surface area (Å²) in [6.07, 6.45) is 0. The van der Waals surface area contributed by atoms with E-state index in [0.717, 1.165) is 10.0 Å². The van der Waals surface area contributed by atoms with Crippen molar-refractivity contribution in [3.63, 3.8) is 0 Å². The van der Waals surface area contributed by atoms with E-state index < -0.39 is 0 Å². The van der Waals surface area contributed by atoms with Crippen molar-refractivity contribution in [2.75, 3.05) is 14.1 Å². The fourth-order valence-corrected chi connectivity index (χ4v) is 1.85. The van der Waals surface area contributed by atoms with E-state index in [0.29, 0.717) is 11.6 Å². The minimum absolute atomic E-state index is 0.192. The zero-order valence-corrected chi connectivity index (χ0v) is 13.0. The number of aromatic nitrogens is 2. The summed E-state index contributed by atoms with van der Waals surface area (Å²) >= 11 is 3.39. The molecule has 0 unspecified atom stereocenters. The number of rotatable bonds is 3. The molecule has 0 spiro atoms. The number of halogens is 1. The molecule has 0 atom stereocenters. The summed E-state index contributed by atoms with van der Waals surface area (Å²) in [4.78, 5) is 13.1. The predicted octanol–water partition coefficient (Wildman–Crippen LogP) is 3.04. The molecule has 0 bridgehead atoms. The van der Waals surface area contributed by atoms with E-state index in [4.69, 9.17) is 4.74 Å². The highest BCUT2D eigenvalue weighted by molar-refractivity contribution is 9.10. The summed E-state index contributed by atoms with van der Waals surface area (Å²) in [7, 11) is 3.33. The van der Waals surface area contributed by atoms with E-state index >= 15 is 0 Å². The summed E-state index contributed by atoms with van der Waals surface area (Å²) in [6, 6.07) is 8.96. The zero-order valence-electron chi connectivity index (χ0n) is 11.4. The van der Waals surface area contributed by atoms with Gasteiger partial charge >= 0.3 is 0 Å². The van der Waals surface area contributed by atoms with Crippen LogP contribution in [0.2, 0.25) is 0 Å². The van der Waals surface area contributed by atoms with Gasteiger partial charge in [-0.3, -0.25) is 4.79 Å². The fourth-order valence-electron chi connectivity index (χ4n) is 1.51. The first-order chi connectivity index (χ1) is 9.47. The van der Waals surface area contributed by atoms with Crippen LogP contribution in [0, 0.1) is 6.92 Å². The second-order valence-electron chi connectivity index (χ2n) is 4.47. The highest BCUT2D eigenvalue weighted by Crippen LogP contribution is 2.26. The molecular formula is C14H14BrN3O2. The Labute approximate surface area is 125 Å². The summed E-state index contributed by atoms with van der Waals surface area (Å²) in [6.45, 7) is 1.94. The highest BCUT2D eigenvalue weighted by atomic mass is 79.9. The average molecular weight is 336 g/mol. The Kier molecular flexibility index (Phi) is 4.34. The lowest BCUT2D eigenvalue weighted by Gasteiger charge is -2.10. The number of amides is 1. The van der Waals surface area contributed by atoms with Crippen LogP contribution in [-0.2, 0) is 0 Å². The van der Waals surface area contributed by atoms with E-state index in [-0.39, 0.29) is 11.6 Å². The maximum atomic E-state index is 11.7. The van der Waals surface area contributed by atoms with Gasteiger partial charge in [-0.15, -0.1) is 10.2 Å². The molecule has 1 aromatic heterocycles. The number of aryl methyl sites for hydroxylation is 1. The molecule has 20 heavy (non-hydrogen) atoms. The molecule has 1 amide bonds. The Morgan fingerprint density at radius 1 is 1.20 bits per heavy atom. The minimum Gasteiger partial charge on any atom is -0.437 e. The third-order valence-electron chi connectivity index (χ3n) is 2.63. The van der Waals surface area contributed by atoms with Crippen molar-refractivity contribution in [2.24, 2.45) is 0 Å². The van der Waals surface area contributed by atoms with Crippen LogP contribution in [0.15, 0.2) is 34.8 Å². The fraction of sp³-hybridized carbons (Fsp3) is 0.214. The molecule has 0 aliphatic carbocycles.